The Labute approximate surface area is 126 Å². The van der Waals surface area contributed by atoms with E-state index >= 15 is 0 Å². The number of hydrogen-bond donors (Lipinski definition) is 1. The molecule has 1 saturated heterocycles. The summed E-state index contributed by atoms with van der Waals surface area (Å²) >= 11 is 5.75. The molecule has 0 aliphatic carbocycles. The summed E-state index contributed by atoms with van der Waals surface area (Å²) in [4.78, 5) is 22.4. The molecule has 0 saturated carbocycles. The van der Waals surface area contributed by atoms with Gasteiger partial charge in [0, 0.05) is 6.04 Å². The van der Waals surface area contributed by atoms with Crippen LogP contribution in [0.4, 0.5) is 5.69 Å². The smallest absolute Gasteiger partial charge is 0.300 e. The fraction of sp³-hybridized carbons (Fsp3) is 0.417. The molecule has 0 spiro atoms. The first-order chi connectivity index (χ1) is 9.80. The number of carbonyl (C=O) groups excluding carboxylic acids is 1. The van der Waals surface area contributed by atoms with Gasteiger partial charge in [0.25, 0.3) is 5.91 Å². The van der Waals surface area contributed by atoms with Crippen molar-refractivity contribution in [2.45, 2.75) is 18.9 Å². The van der Waals surface area contributed by atoms with E-state index in [1.54, 1.807) is 0 Å². The van der Waals surface area contributed by atoms with Crippen molar-refractivity contribution in [1.29, 1.82) is 0 Å². The molecule has 21 heavy (non-hydrogen) atoms. The van der Waals surface area contributed by atoms with Crippen LogP contribution in [0.3, 0.4) is 0 Å². The third kappa shape index (κ3) is 3.70. The Morgan fingerprint density at radius 2 is 1.95 bits per heavy atom. The van der Waals surface area contributed by atoms with Gasteiger partial charge in [-0.15, -0.1) is 0 Å². The molecule has 0 atom stereocenters. The van der Waals surface area contributed by atoms with E-state index < -0.39 is 26.4 Å². The molecule has 1 aromatic carbocycles. The molecule has 114 valence electrons. The molecule has 0 aromatic heterocycles. The molecular weight excluding hydrogens is 320 g/mol. The van der Waals surface area contributed by atoms with Gasteiger partial charge in [0.15, 0.2) is 0 Å². The van der Waals surface area contributed by atoms with E-state index in [2.05, 4.69) is 5.32 Å². The van der Waals surface area contributed by atoms with Crippen LogP contribution < -0.4 is 5.32 Å². The molecule has 1 amide bonds. The summed E-state index contributed by atoms with van der Waals surface area (Å²) < 4.78 is 22.6. The number of nitrogens with one attached hydrogen (secondary N) is 1. The highest BCUT2D eigenvalue weighted by Crippen LogP contribution is 2.28. The summed E-state index contributed by atoms with van der Waals surface area (Å²) in [6, 6.07) is 3.80. The molecule has 1 N–H and O–H groups in total. The maximum atomic E-state index is 12.1. The van der Waals surface area contributed by atoms with Crippen LogP contribution in [0.25, 0.3) is 0 Å². The number of carbonyl (C=O) groups is 1. The van der Waals surface area contributed by atoms with Gasteiger partial charge in [-0.3, -0.25) is 14.9 Å². The lowest BCUT2D eigenvalue weighted by Gasteiger charge is -2.23. The number of hydrogen-bond acceptors (Lipinski definition) is 5. The van der Waals surface area contributed by atoms with Crippen molar-refractivity contribution in [3.63, 3.8) is 0 Å². The SMILES string of the molecule is O=C(NC1CCS(=O)(=O)CC1)c1cccc(Cl)c1[N+](=O)[O-]. The number of rotatable bonds is 3. The van der Waals surface area contributed by atoms with Crippen molar-refractivity contribution in [2.75, 3.05) is 11.5 Å². The molecule has 1 aliphatic rings. The highest BCUT2D eigenvalue weighted by molar-refractivity contribution is 7.91. The van der Waals surface area contributed by atoms with Gasteiger partial charge < -0.3 is 5.32 Å². The molecule has 0 unspecified atom stereocenters. The largest absolute Gasteiger partial charge is 0.349 e. The number of nitro groups is 1. The zero-order chi connectivity index (χ0) is 15.6. The number of sulfone groups is 1. The van der Waals surface area contributed by atoms with Crippen LogP contribution in [-0.4, -0.2) is 36.8 Å². The Hall–Kier alpha value is -1.67. The third-order valence-corrected chi connectivity index (χ3v) is 5.32. The lowest BCUT2D eigenvalue weighted by Crippen LogP contribution is -2.41. The van der Waals surface area contributed by atoms with E-state index in [-0.39, 0.29) is 28.1 Å². The van der Waals surface area contributed by atoms with Gasteiger partial charge in [-0.1, -0.05) is 17.7 Å². The van der Waals surface area contributed by atoms with E-state index in [1.165, 1.54) is 18.2 Å². The zero-order valence-corrected chi connectivity index (χ0v) is 12.5. The van der Waals surface area contributed by atoms with Crippen LogP contribution in [0.15, 0.2) is 18.2 Å². The van der Waals surface area contributed by atoms with Crippen molar-refractivity contribution >= 4 is 33.0 Å². The van der Waals surface area contributed by atoms with Crippen molar-refractivity contribution in [1.82, 2.24) is 5.32 Å². The highest BCUT2D eigenvalue weighted by Gasteiger charge is 2.28. The summed E-state index contributed by atoms with van der Waals surface area (Å²) in [6.45, 7) is 0. The average Bonchev–Trinajstić information content (AvgIpc) is 2.40. The summed E-state index contributed by atoms with van der Waals surface area (Å²) in [6.07, 6.45) is 0.616. The summed E-state index contributed by atoms with van der Waals surface area (Å²) in [5.41, 5.74) is -0.568. The fourth-order valence-electron chi connectivity index (χ4n) is 2.18. The maximum absolute atomic E-state index is 12.1. The first-order valence-corrected chi connectivity index (χ1v) is 8.44. The molecule has 1 fully saturated rings. The van der Waals surface area contributed by atoms with Crippen molar-refractivity contribution in [3.05, 3.63) is 38.9 Å². The van der Waals surface area contributed by atoms with Crippen molar-refractivity contribution in [2.24, 2.45) is 0 Å². The van der Waals surface area contributed by atoms with E-state index in [0.29, 0.717) is 12.8 Å². The monoisotopic (exact) mass is 332 g/mol. The third-order valence-electron chi connectivity index (χ3n) is 3.30. The summed E-state index contributed by atoms with van der Waals surface area (Å²) in [5.74, 6) is -0.598. The van der Waals surface area contributed by atoms with Crippen LogP contribution in [0.1, 0.15) is 23.2 Å². The number of para-hydroxylation sites is 1. The Morgan fingerprint density at radius 3 is 2.52 bits per heavy atom. The summed E-state index contributed by atoms with van der Waals surface area (Å²) in [5, 5.41) is 13.5. The van der Waals surface area contributed by atoms with E-state index in [0.717, 1.165) is 0 Å². The topological polar surface area (TPSA) is 106 Å². The molecule has 7 nitrogen and oxygen atoms in total. The van der Waals surface area contributed by atoms with Gasteiger partial charge in [-0.05, 0) is 25.0 Å². The Bertz CT molecular complexity index is 675. The minimum atomic E-state index is -3.03. The zero-order valence-electron chi connectivity index (χ0n) is 10.9. The Morgan fingerprint density at radius 1 is 1.33 bits per heavy atom. The van der Waals surface area contributed by atoms with Gasteiger partial charge in [-0.25, -0.2) is 8.42 Å². The summed E-state index contributed by atoms with van der Waals surface area (Å²) in [7, 11) is -3.03. The normalized spacial score (nSPS) is 18.1. The number of nitrogens with zero attached hydrogens (tertiary/aromatic N) is 1. The lowest BCUT2D eigenvalue weighted by molar-refractivity contribution is -0.385. The predicted molar refractivity (Wildman–Crippen MR) is 77.2 cm³/mol. The second kappa shape index (κ2) is 5.98. The van der Waals surface area contributed by atoms with Gasteiger partial charge >= 0.3 is 5.69 Å². The Kier molecular flexibility index (Phi) is 4.48. The molecule has 0 bridgehead atoms. The Balaban J connectivity index is 2.15. The lowest BCUT2D eigenvalue weighted by atomic mass is 10.1. The van der Waals surface area contributed by atoms with Gasteiger partial charge in [0.05, 0.1) is 16.4 Å². The molecular formula is C12H13ClN2O5S. The predicted octanol–water partition coefficient (Wildman–Crippen LogP) is 1.56. The number of amides is 1. The second-order valence-electron chi connectivity index (χ2n) is 4.79. The van der Waals surface area contributed by atoms with Gasteiger partial charge in [0.1, 0.15) is 20.4 Å². The number of nitro benzene ring substituents is 1. The van der Waals surface area contributed by atoms with Crippen molar-refractivity contribution < 1.29 is 18.1 Å². The molecule has 9 heteroatoms. The second-order valence-corrected chi connectivity index (χ2v) is 7.50. The fourth-order valence-corrected chi connectivity index (χ4v) is 3.92. The molecule has 1 heterocycles. The standard InChI is InChI=1S/C12H13ClN2O5S/c13-10-3-1-2-9(11(10)15(17)18)12(16)14-8-4-6-21(19,20)7-5-8/h1-3,8H,4-7H2,(H,14,16). The number of benzene rings is 1. The van der Waals surface area contributed by atoms with Gasteiger partial charge in [0.2, 0.25) is 0 Å². The molecule has 0 radical (unpaired) electrons. The minimum absolute atomic E-state index is 0.00951. The highest BCUT2D eigenvalue weighted by atomic mass is 35.5. The first kappa shape index (κ1) is 15.7. The minimum Gasteiger partial charge on any atom is -0.349 e. The van der Waals surface area contributed by atoms with E-state index in [9.17, 15) is 23.3 Å². The molecule has 2 rings (SSSR count). The van der Waals surface area contributed by atoms with Crippen LogP contribution >= 0.6 is 11.6 Å². The van der Waals surface area contributed by atoms with Crippen molar-refractivity contribution in [3.8, 4) is 0 Å². The first-order valence-electron chi connectivity index (χ1n) is 6.24. The molecule has 1 aromatic rings. The average molecular weight is 333 g/mol. The quantitative estimate of drug-likeness (QED) is 0.667. The van der Waals surface area contributed by atoms with Crippen LogP contribution in [-0.2, 0) is 9.84 Å². The number of halogens is 1. The van der Waals surface area contributed by atoms with E-state index in [1.807, 2.05) is 0 Å². The van der Waals surface area contributed by atoms with Crippen LogP contribution in [0.5, 0.6) is 0 Å². The van der Waals surface area contributed by atoms with E-state index in [4.69, 9.17) is 11.6 Å². The van der Waals surface area contributed by atoms with Crippen LogP contribution in [0, 0.1) is 10.1 Å². The molecule has 1 aliphatic heterocycles. The van der Waals surface area contributed by atoms with Gasteiger partial charge in [-0.2, -0.15) is 0 Å². The van der Waals surface area contributed by atoms with Crippen LogP contribution in [0.2, 0.25) is 5.02 Å². The maximum Gasteiger partial charge on any atom is 0.300 e.